The summed E-state index contributed by atoms with van der Waals surface area (Å²) in [5.74, 6) is -0.157. The lowest BCUT2D eigenvalue weighted by Crippen LogP contribution is -2.20. The summed E-state index contributed by atoms with van der Waals surface area (Å²) in [6, 6.07) is 6.87. The maximum Gasteiger partial charge on any atom is 0.254 e. The number of nitrogens with zero attached hydrogens (tertiary/aromatic N) is 1. The molecule has 0 radical (unpaired) electrons. The van der Waals surface area contributed by atoms with Crippen molar-refractivity contribution in [1.29, 1.82) is 0 Å². The van der Waals surface area contributed by atoms with E-state index in [-0.39, 0.29) is 17.9 Å². The minimum Gasteiger partial charge on any atom is -0.326 e. The lowest BCUT2D eigenvalue weighted by molar-refractivity contribution is -0.116. The number of H-pyrrole nitrogens is 1. The minimum absolute atomic E-state index is 0.157. The number of aryl methyl sites for hydroxylation is 1. The summed E-state index contributed by atoms with van der Waals surface area (Å²) >= 11 is 7.17. The molecule has 2 aromatic rings. The summed E-state index contributed by atoms with van der Waals surface area (Å²) < 4.78 is 0. The van der Waals surface area contributed by atoms with Crippen LogP contribution >= 0.6 is 23.4 Å². The first-order chi connectivity index (χ1) is 10.5. The Morgan fingerprint density at radius 3 is 2.64 bits per heavy atom. The molecule has 0 aliphatic carbocycles. The largest absolute Gasteiger partial charge is 0.326 e. The third kappa shape index (κ3) is 4.35. The van der Waals surface area contributed by atoms with Gasteiger partial charge in [-0.1, -0.05) is 23.4 Å². The van der Waals surface area contributed by atoms with Crippen molar-refractivity contribution < 1.29 is 4.79 Å². The third-order valence-electron chi connectivity index (χ3n) is 3.12. The highest BCUT2D eigenvalue weighted by Gasteiger charge is 2.10. The van der Waals surface area contributed by atoms with Crippen LogP contribution < -0.4 is 10.9 Å². The van der Waals surface area contributed by atoms with Crippen LogP contribution in [-0.2, 0) is 11.2 Å². The normalized spacial score (nSPS) is 10.5. The van der Waals surface area contributed by atoms with Gasteiger partial charge < -0.3 is 10.3 Å². The molecule has 0 bridgehead atoms. The van der Waals surface area contributed by atoms with Crippen molar-refractivity contribution in [2.45, 2.75) is 24.9 Å². The van der Waals surface area contributed by atoms with E-state index >= 15 is 0 Å². The van der Waals surface area contributed by atoms with Crippen molar-refractivity contribution in [3.8, 4) is 0 Å². The molecule has 0 saturated heterocycles. The number of benzene rings is 1. The number of aromatic amines is 1. The Kier molecular flexibility index (Phi) is 5.63. The first-order valence-corrected chi connectivity index (χ1v) is 8.29. The van der Waals surface area contributed by atoms with Gasteiger partial charge in [0.1, 0.15) is 0 Å². The number of carbonyl (C=O) groups excluding carboxylic acids is 1. The number of hydrogen-bond donors (Lipinski definition) is 2. The minimum atomic E-state index is -0.184. The van der Waals surface area contributed by atoms with Gasteiger partial charge in [-0.2, -0.15) is 0 Å². The van der Waals surface area contributed by atoms with E-state index in [9.17, 15) is 9.59 Å². The fraction of sp³-hybridized carbons (Fsp3) is 0.267. The van der Waals surface area contributed by atoms with Gasteiger partial charge in [-0.25, -0.2) is 4.98 Å². The molecule has 5 nitrogen and oxygen atoms in total. The number of amides is 1. The molecule has 1 amide bonds. The van der Waals surface area contributed by atoms with E-state index in [1.807, 2.05) is 6.26 Å². The van der Waals surface area contributed by atoms with E-state index < -0.39 is 0 Å². The molecule has 0 unspecified atom stereocenters. The maximum absolute atomic E-state index is 12.0. The highest BCUT2D eigenvalue weighted by atomic mass is 35.5. The second-order valence-electron chi connectivity index (χ2n) is 4.69. The molecule has 0 aliphatic heterocycles. The zero-order valence-corrected chi connectivity index (χ0v) is 13.8. The zero-order valence-electron chi connectivity index (χ0n) is 12.3. The number of thioether (sulfide) groups is 1. The molecule has 0 saturated carbocycles. The molecule has 22 heavy (non-hydrogen) atoms. The van der Waals surface area contributed by atoms with Gasteiger partial charge in [0.2, 0.25) is 5.91 Å². The molecular weight excluding hydrogens is 322 g/mol. The lowest BCUT2D eigenvalue weighted by Gasteiger charge is -2.07. The molecule has 2 N–H and O–H groups in total. The van der Waals surface area contributed by atoms with Crippen molar-refractivity contribution in [3.05, 3.63) is 50.9 Å². The quantitative estimate of drug-likeness (QED) is 0.649. The molecule has 1 aromatic carbocycles. The predicted octanol–water partition coefficient (Wildman–Crippen LogP) is 3.02. The number of rotatable bonds is 5. The van der Waals surface area contributed by atoms with Crippen molar-refractivity contribution in [1.82, 2.24) is 9.97 Å². The number of carbonyl (C=O) groups is 1. The molecule has 0 fully saturated rings. The van der Waals surface area contributed by atoms with Crippen LogP contribution in [-0.4, -0.2) is 22.1 Å². The van der Waals surface area contributed by atoms with Crippen LogP contribution in [0.5, 0.6) is 0 Å². The molecule has 2 rings (SSSR count). The van der Waals surface area contributed by atoms with Crippen LogP contribution in [0.4, 0.5) is 5.69 Å². The Balaban J connectivity index is 1.99. The molecular formula is C15H16ClN3O2S. The molecule has 0 aliphatic rings. The van der Waals surface area contributed by atoms with Crippen molar-refractivity contribution in [2.24, 2.45) is 0 Å². The van der Waals surface area contributed by atoms with Gasteiger partial charge in [0.05, 0.1) is 0 Å². The highest BCUT2D eigenvalue weighted by molar-refractivity contribution is 7.98. The number of aromatic nitrogens is 2. The van der Waals surface area contributed by atoms with E-state index in [1.165, 1.54) is 11.8 Å². The number of nitrogens with one attached hydrogen (secondary N) is 2. The van der Waals surface area contributed by atoms with E-state index in [4.69, 9.17) is 11.6 Å². The summed E-state index contributed by atoms with van der Waals surface area (Å²) in [5.41, 5.74) is 1.70. The van der Waals surface area contributed by atoms with Crippen LogP contribution in [0.15, 0.2) is 34.2 Å². The molecule has 1 aromatic heterocycles. The van der Waals surface area contributed by atoms with Gasteiger partial charge in [0.15, 0.2) is 5.16 Å². The van der Waals surface area contributed by atoms with Gasteiger partial charge in [-0.3, -0.25) is 9.59 Å². The SMILES string of the molecule is CSc1nc(C)c(CCC(=O)Nc2ccc(Cl)cc2)c(=O)[nH]1. The molecule has 116 valence electrons. The average Bonchev–Trinajstić information content (AvgIpc) is 2.48. The first kappa shape index (κ1) is 16.6. The van der Waals surface area contributed by atoms with Crippen LogP contribution in [0.25, 0.3) is 0 Å². The zero-order chi connectivity index (χ0) is 16.1. The van der Waals surface area contributed by atoms with Crippen LogP contribution in [0.1, 0.15) is 17.7 Å². The smallest absolute Gasteiger partial charge is 0.254 e. The van der Waals surface area contributed by atoms with Crippen molar-refractivity contribution in [2.75, 3.05) is 11.6 Å². The Bertz CT molecular complexity index is 729. The van der Waals surface area contributed by atoms with Gasteiger partial charge >= 0.3 is 0 Å². The maximum atomic E-state index is 12.0. The molecule has 1 heterocycles. The molecule has 7 heteroatoms. The van der Waals surface area contributed by atoms with Gasteiger partial charge in [-0.15, -0.1) is 0 Å². The lowest BCUT2D eigenvalue weighted by atomic mass is 10.1. The third-order valence-corrected chi connectivity index (χ3v) is 3.96. The second kappa shape index (κ2) is 7.47. The molecule has 0 spiro atoms. The van der Waals surface area contributed by atoms with E-state index in [0.29, 0.717) is 33.5 Å². The van der Waals surface area contributed by atoms with Gasteiger partial charge in [-0.05, 0) is 43.9 Å². The summed E-state index contributed by atoms with van der Waals surface area (Å²) in [4.78, 5) is 30.9. The monoisotopic (exact) mass is 337 g/mol. The average molecular weight is 338 g/mol. The number of halogens is 1. The topological polar surface area (TPSA) is 74.8 Å². The Morgan fingerprint density at radius 2 is 2.05 bits per heavy atom. The summed E-state index contributed by atoms with van der Waals surface area (Å²) in [6.07, 6.45) is 2.41. The Labute approximate surface area is 137 Å². The number of hydrogen-bond acceptors (Lipinski definition) is 4. The summed E-state index contributed by atoms with van der Waals surface area (Å²) in [7, 11) is 0. The fourth-order valence-electron chi connectivity index (χ4n) is 1.97. The highest BCUT2D eigenvalue weighted by Crippen LogP contribution is 2.14. The second-order valence-corrected chi connectivity index (χ2v) is 5.93. The number of anilines is 1. The molecule has 0 atom stereocenters. The van der Waals surface area contributed by atoms with Crippen LogP contribution in [0.3, 0.4) is 0 Å². The van der Waals surface area contributed by atoms with Crippen molar-refractivity contribution >= 4 is 35.0 Å². The Morgan fingerprint density at radius 1 is 1.36 bits per heavy atom. The van der Waals surface area contributed by atoms with E-state index in [0.717, 1.165) is 0 Å². The van der Waals surface area contributed by atoms with Crippen LogP contribution in [0.2, 0.25) is 5.02 Å². The Hall–Kier alpha value is -1.79. The summed E-state index contributed by atoms with van der Waals surface area (Å²) in [6.45, 7) is 1.78. The predicted molar refractivity (Wildman–Crippen MR) is 89.8 cm³/mol. The van der Waals surface area contributed by atoms with Gasteiger partial charge in [0.25, 0.3) is 5.56 Å². The standard InChI is InChI=1S/C15H16ClN3O2S/c1-9-12(14(21)19-15(17-9)22-2)7-8-13(20)18-11-5-3-10(16)4-6-11/h3-6H,7-8H2,1-2H3,(H,18,20)(H,17,19,21). The summed E-state index contributed by atoms with van der Waals surface area (Å²) in [5, 5.41) is 3.96. The van der Waals surface area contributed by atoms with E-state index in [1.54, 1.807) is 31.2 Å². The fourth-order valence-corrected chi connectivity index (χ4v) is 2.52. The van der Waals surface area contributed by atoms with E-state index in [2.05, 4.69) is 15.3 Å². The van der Waals surface area contributed by atoms with Gasteiger partial charge in [0, 0.05) is 28.4 Å². The van der Waals surface area contributed by atoms with Crippen LogP contribution in [0, 0.1) is 6.92 Å². The first-order valence-electron chi connectivity index (χ1n) is 6.69. The van der Waals surface area contributed by atoms with Crippen molar-refractivity contribution in [3.63, 3.8) is 0 Å².